The standard InChI is InChI=1S/C24H23F5N6O2/c1-14(33-20-11-32-34-23(37)21(20)24(27,28)29)8-17(25)12-35(2)7-4-15-9-18(19(26)10-16(15)13-36)22-30-5-3-6-31-22/h3-7,9-11,13-14,17H,8,12H2,1-2H3,(H2,33,34,37)/b7-4-. The van der Waals surface area contributed by atoms with Crippen LogP contribution in [0.4, 0.5) is 27.6 Å². The average molecular weight is 522 g/mol. The van der Waals surface area contributed by atoms with Gasteiger partial charge in [-0.1, -0.05) is 0 Å². The second kappa shape index (κ2) is 11.7. The first-order valence-corrected chi connectivity index (χ1v) is 11.0. The molecule has 2 atom stereocenters. The van der Waals surface area contributed by atoms with Crippen LogP contribution in [-0.4, -0.2) is 57.2 Å². The zero-order valence-corrected chi connectivity index (χ0v) is 19.8. The molecule has 3 rings (SSSR count). The lowest BCUT2D eigenvalue weighted by Gasteiger charge is -2.22. The van der Waals surface area contributed by atoms with Crippen LogP contribution >= 0.6 is 0 Å². The van der Waals surface area contributed by atoms with E-state index in [9.17, 15) is 31.5 Å². The molecular formula is C24H23F5N6O2. The van der Waals surface area contributed by atoms with E-state index in [2.05, 4.69) is 20.4 Å². The van der Waals surface area contributed by atoms with Crippen LogP contribution in [0, 0.1) is 5.82 Å². The van der Waals surface area contributed by atoms with Crippen LogP contribution in [-0.2, 0) is 6.18 Å². The number of nitrogens with one attached hydrogen (secondary N) is 2. The van der Waals surface area contributed by atoms with Crippen molar-refractivity contribution in [3.05, 3.63) is 75.9 Å². The number of alkyl halides is 4. The Hall–Kier alpha value is -4.16. The highest BCUT2D eigenvalue weighted by Gasteiger charge is 2.37. The summed E-state index contributed by atoms with van der Waals surface area (Å²) in [5.41, 5.74) is -2.86. The van der Waals surface area contributed by atoms with Gasteiger partial charge in [0.15, 0.2) is 12.1 Å². The van der Waals surface area contributed by atoms with E-state index in [4.69, 9.17) is 0 Å². The van der Waals surface area contributed by atoms with Crippen LogP contribution in [0.1, 0.15) is 34.8 Å². The zero-order chi connectivity index (χ0) is 27.2. The van der Waals surface area contributed by atoms with E-state index in [0.717, 1.165) is 12.3 Å². The number of aromatic nitrogens is 4. The fourth-order valence-electron chi connectivity index (χ4n) is 3.61. The van der Waals surface area contributed by atoms with Gasteiger partial charge in [0, 0.05) is 44.0 Å². The molecule has 0 saturated carbocycles. The number of halogens is 5. The van der Waals surface area contributed by atoms with Crippen molar-refractivity contribution in [2.24, 2.45) is 0 Å². The summed E-state index contributed by atoms with van der Waals surface area (Å²) in [7, 11) is 1.56. The van der Waals surface area contributed by atoms with Gasteiger partial charge in [-0.15, -0.1) is 0 Å². The van der Waals surface area contributed by atoms with Crippen molar-refractivity contribution in [1.29, 1.82) is 0 Å². The van der Waals surface area contributed by atoms with Gasteiger partial charge in [-0.05, 0) is 43.0 Å². The molecule has 0 amide bonds. The topological polar surface area (TPSA) is 104 Å². The predicted molar refractivity (Wildman–Crippen MR) is 127 cm³/mol. The molecule has 0 aliphatic rings. The number of nitrogens with zero attached hydrogens (tertiary/aromatic N) is 4. The van der Waals surface area contributed by atoms with Gasteiger partial charge in [-0.2, -0.15) is 18.3 Å². The first-order chi connectivity index (χ1) is 17.5. The number of hydrogen-bond donors (Lipinski definition) is 2. The molecule has 8 nitrogen and oxygen atoms in total. The molecule has 0 bridgehead atoms. The maximum atomic E-state index is 14.7. The molecule has 2 aromatic heterocycles. The molecule has 0 spiro atoms. The molecule has 1 aromatic carbocycles. The molecule has 0 fully saturated rings. The maximum absolute atomic E-state index is 14.7. The van der Waals surface area contributed by atoms with Gasteiger partial charge in [0.2, 0.25) is 0 Å². The monoisotopic (exact) mass is 522 g/mol. The smallest absolute Gasteiger partial charge is 0.381 e. The summed E-state index contributed by atoms with van der Waals surface area (Å²) in [4.78, 5) is 32.5. The average Bonchev–Trinajstić information content (AvgIpc) is 2.82. The van der Waals surface area contributed by atoms with Crippen molar-refractivity contribution in [1.82, 2.24) is 25.1 Å². The molecule has 2 heterocycles. The SMILES string of the molecule is CC(CC(F)CN(C)/C=C\c1cc(-c2ncccn2)c(F)cc1C=O)Nc1cn[nH]c(=O)c1C(F)(F)F. The van der Waals surface area contributed by atoms with Crippen LogP contribution in [0.5, 0.6) is 0 Å². The summed E-state index contributed by atoms with van der Waals surface area (Å²) in [5, 5.41) is 7.60. The molecule has 0 saturated heterocycles. The van der Waals surface area contributed by atoms with Crippen LogP contribution in [0.3, 0.4) is 0 Å². The lowest BCUT2D eigenvalue weighted by atomic mass is 10.0. The Morgan fingerprint density at radius 3 is 2.54 bits per heavy atom. The second-order valence-electron chi connectivity index (χ2n) is 8.27. The largest absolute Gasteiger partial charge is 0.423 e. The van der Waals surface area contributed by atoms with Gasteiger partial charge in [-0.25, -0.2) is 23.8 Å². The van der Waals surface area contributed by atoms with E-state index in [1.54, 1.807) is 18.2 Å². The van der Waals surface area contributed by atoms with Gasteiger partial charge in [0.05, 0.1) is 17.4 Å². The first-order valence-electron chi connectivity index (χ1n) is 11.0. The summed E-state index contributed by atoms with van der Waals surface area (Å²) in [6.07, 6.45) is 0.657. The molecule has 0 radical (unpaired) electrons. The highest BCUT2D eigenvalue weighted by atomic mass is 19.4. The second-order valence-corrected chi connectivity index (χ2v) is 8.27. The molecule has 0 aliphatic carbocycles. The Kier molecular flexibility index (Phi) is 8.69. The van der Waals surface area contributed by atoms with Crippen molar-refractivity contribution >= 4 is 18.0 Å². The van der Waals surface area contributed by atoms with Gasteiger partial charge >= 0.3 is 6.18 Å². The van der Waals surface area contributed by atoms with Gasteiger partial charge in [0.25, 0.3) is 5.56 Å². The molecule has 2 N–H and O–H groups in total. The number of hydrogen-bond acceptors (Lipinski definition) is 7. The lowest BCUT2D eigenvalue weighted by molar-refractivity contribution is -0.138. The highest BCUT2D eigenvalue weighted by molar-refractivity contribution is 5.84. The molecule has 37 heavy (non-hydrogen) atoms. The van der Waals surface area contributed by atoms with E-state index in [1.807, 2.05) is 0 Å². The molecular weight excluding hydrogens is 499 g/mol. The lowest BCUT2D eigenvalue weighted by Crippen LogP contribution is -2.30. The van der Waals surface area contributed by atoms with Crippen molar-refractivity contribution in [2.45, 2.75) is 31.7 Å². The Labute approximate surface area is 208 Å². The minimum Gasteiger partial charge on any atom is -0.381 e. The first kappa shape index (κ1) is 27.4. The minimum atomic E-state index is -4.91. The van der Waals surface area contributed by atoms with E-state index in [1.165, 1.54) is 42.6 Å². The molecule has 2 unspecified atom stereocenters. The van der Waals surface area contributed by atoms with Crippen LogP contribution in [0.2, 0.25) is 0 Å². The summed E-state index contributed by atoms with van der Waals surface area (Å²) in [6, 6.07) is 3.28. The number of carbonyl (C=O) groups is 1. The Morgan fingerprint density at radius 2 is 1.89 bits per heavy atom. The third-order valence-electron chi connectivity index (χ3n) is 5.25. The number of benzene rings is 1. The van der Waals surface area contributed by atoms with E-state index >= 15 is 0 Å². The van der Waals surface area contributed by atoms with Gasteiger partial charge in [-0.3, -0.25) is 9.59 Å². The summed E-state index contributed by atoms with van der Waals surface area (Å²) < 4.78 is 68.7. The van der Waals surface area contributed by atoms with Crippen LogP contribution in [0.15, 0.2) is 47.8 Å². The van der Waals surface area contributed by atoms with Gasteiger partial charge in [0.1, 0.15) is 17.6 Å². The quantitative estimate of drug-likeness (QED) is 0.302. The van der Waals surface area contributed by atoms with Crippen molar-refractivity contribution in [2.75, 3.05) is 18.9 Å². The van der Waals surface area contributed by atoms with E-state index in [0.29, 0.717) is 11.8 Å². The highest BCUT2D eigenvalue weighted by Crippen LogP contribution is 2.32. The molecule has 0 aliphatic heterocycles. The molecule has 13 heteroatoms. The fourth-order valence-corrected chi connectivity index (χ4v) is 3.61. The fraction of sp³-hybridized carbons (Fsp3) is 0.292. The van der Waals surface area contributed by atoms with Crippen LogP contribution in [0.25, 0.3) is 17.5 Å². The Bertz CT molecular complexity index is 1310. The molecule has 196 valence electrons. The third-order valence-corrected chi connectivity index (χ3v) is 5.25. The summed E-state index contributed by atoms with van der Waals surface area (Å²) >= 11 is 0. The number of H-pyrrole nitrogens is 1. The van der Waals surface area contributed by atoms with Gasteiger partial charge < -0.3 is 10.2 Å². The number of rotatable bonds is 10. The number of anilines is 1. The van der Waals surface area contributed by atoms with Crippen LogP contribution < -0.4 is 10.9 Å². The van der Waals surface area contributed by atoms with Crippen molar-refractivity contribution in [3.8, 4) is 11.4 Å². The molecule has 3 aromatic rings. The predicted octanol–water partition coefficient (Wildman–Crippen LogP) is 4.33. The summed E-state index contributed by atoms with van der Waals surface area (Å²) in [5.74, 6) is -0.538. The maximum Gasteiger partial charge on any atom is 0.423 e. The number of aldehydes is 1. The van der Waals surface area contributed by atoms with E-state index in [-0.39, 0.29) is 29.9 Å². The Balaban J connectivity index is 1.66. The normalized spacial score (nSPS) is 13.4. The van der Waals surface area contributed by atoms with Crippen molar-refractivity contribution in [3.63, 3.8) is 0 Å². The number of aromatic amines is 1. The van der Waals surface area contributed by atoms with Crippen molar-refractivity contribution < 1.29 is 26.7 Å². The summed E-state index contributed by atoms with van der Waals surface area (Å²) in [6.45, 7) is 1.35. The van der Waals surface area contributed by atoms with E-state index < -0.39 is 41.0 Å². The number of carbonyl (C=O) groups excluding carboxylic acids is 1. The zero-order valence-electron chi connectivity index (χ0n) is 19.8. The Morgan fingerprint density at radius 1 is 1.19 bits per heavy atom. The third kappa shape index (κ3) is 7.18. The minimum absolute atomic E-state index is 0.0726.